The molecule has 0 aromatic rings. The van der Waals surface area contributed by atoms with Crippen molar-refractivity contribution in [1.82, 2.24) is 5.32 Å². The van der Waals surface area contributed by atoms with Gasteiger partial charge < -0.3 is 20.9 Å². The Morgan fingerprint density at radius 1 is 1.21 bits per heavy atom. The number of rotatable bonds is 9. The number of ether oxygens (including phenoxy) is 1. The largest absolute Gasteiger partial charge is 0.479 e. The van der Waals surface area contributed by atoms with E-state index in [1.807, 2.05) is 0 Å². The summed E-state index contributed by atoms with van der Waals surface area (Å²) in [7, 11) is 0. The molecule has 0 aromatic heterocycles. The molecule has 6 heteroatoms. The zero-order chi connectivity index (χ0) is 14.1. The zero-order valence-electron chi connectivity index (χ0n) is 11.3. The third-order valence-corrected chi connectivity index (χ3v) is 3.27. The van der Waals surface area contributed by atoms with E-state index in [1.165, 1.54) is 0 Å². The summed E-state index contributed by atoms with van der Waals surface area (Å²) in [6.45, 7) is 1.11. The van der Waals surface area contributed by atoms with Gasteiger partial charge in [-0.2, -0.15) is 0 Å². The molecule has 1 rings (SSSR count). The zero-order valence-corrected chi connectivity index (χ0v) is 11.3. The van der Waals surface area contributed by atoms with Gasteiger partial charge in [-0.15, -0.1) is 0 Å². The lowest BCUT2D eigenvalue weighted by Gasteiger charge is -2.12. The van der Waals surface area contributed by atoms with Crippen molar-refractivity contribution in [3.05, 3.63) is 0 Å². The van der Waals surface area contributed by atoms with E-state index in [9.17, 15) is 9.59 Å². The number of carbonyl (C=O) groups is 2. The standard InChI is InChI=1S/C13H24N2O4/c14-8-4-2-1-3-5-12(16)15-9-10-6-7-11(19-10)13(17)18/h10-11H,1-9,14H2,(H,15,16)(H,17,18). The van der Waals surface area contributed by atoms with Gasteiger partial charge in [-0.05, 0) is 32.2 Å². The van der Waals surface area contributed by atoms with Crippen LogP contribution in [0.25, 0.3) is 0 Å². The molecule has 0 aromatic carbocycles. The first-order valence-corrected chi connectivity index (χ1v) is 6.98. The summed E-state index contributed by atoms with van der Waals surface area (Å²) in [4.78, 5) is 22.2. The summed E-state index contributed by atoms with van der Waals surface area (Å²) in [5, 5.41) is 11.6. The summed E-state index contributed by atoms with van der Waals surface area (Å²) >= 11 is 0. The van der Waals surface area contributed by atoms with E-state index in [-0.39, 0.29) is 12.0 Å². The maximum atomic E-state index is 11.5. The van der Waals surface area contributed by atoms with Gasteiger partial charge in [0.25, 0.3) is 0 Å². The van der Waals surface area contributed by atoms with Crippen LogP contribution in [0.2, 0.25) is 0 Å². The number of unbranched alkanes of at least 4 members (excludes halogenated alkanes) is 3. The molecular formula is C13H24N2O4. The van der Waals surface area contributed by atoms with Crippen molar-refractivity contribution in [2.45, 2.75) is 57.2 Å². The Kier molecular flexibility index (Phi) is 7.43. The Labute approximate surface area is 113 Å². The summed E-state index contributed by atoms with van der Waals surface area (Å²) < 4.78 is 5.30. The molecule has 1 fully saturated rings. The van der Waals surface area contributed by atoms with Crippen LogP contribution in [-0.2, 0) is 14.3 Å². The van der Waals surface area contributed by atoms with Gasteiger partial charge >= 0.3 is 5.97 Å². The lowest BCUT2D eigenvalue weighted by Crippen LogP contribution is -2.32. The molecule has 0 saturated carbocycles. The highest BCUT2D eigenvalue weighted by atomic mass is 16.5. The molecule has 0 aliphatic carbocycles. The van der Waals surface area contributed by atoms with E-state index >= 15 is 0 Å². The first kappa shape index (κ1) is 15.9. The molecule has 0 radical (unpaired) electrons. The van der Waals surface area contributed by atoms with Gasteiger partial charge in [0.2, 0.25) is 5.91 Å². The van der Waals surface area contributed by atoms with Crippen LogP contribution < -0.4 is 11.1 Å². The number of carboxylic acids is 1. The Morgan fingerprint density at radius 3 is 2.58 bits per heavy atom. The number of carboxylic acid groups (broad SMARTS) is 1. The summed E-state index contributed by atoms with van der Waals surface area (Å²) in [6.07, 6.45) is 4.81. The molecule has 2 atom stereocenters. The van der Waals surface area contributed by atoms with Gasteiger partial charge in [-0.25, -0.2) is 4.79 Å². The maximum absolute atomic E-state index is 11.5. The Hall–Kier alpha value is -1.14. The molecule has 0 spiro atoms. The molecule has 1 aliphatic heterocycles. The number of hydrogen-bond donors (Lipinski definition) is 3. The minimum atomic E-state index is -0.922. The van der Waals surface area contributed by atoms with Gasteiger partial charge in [0.1, 0.15) is 0 Å². The van der Waals surface area contributed by atoms with Crippen LogP contribution in [-0.4, -0.2) is 42.3 Å². The average Bonchev–Trinajstić information content (AvgIpc) is 2.85. The van der Waals surface area contributed by atoms with Crippen molar-refractivity contribution in [2.24, 2.45) is 5.73 Å². The molecule has 6 nitrogen and oxygen atoms in total. The Bertz CT molecular complexity index is 296. The molecule has 2 unspecified atom stereocenters. The van der Waals surface area contributed by atoms with Crippen LogP contribution in [0.5, 0.6) is 0 Å². The van der Waals surface area contributed by atoms with Gasteiger partial charge in [0.05, 0.1) is 6.10 Å². The fourth-order valence-electron chi connectivity index (χ4n) is 2.14. The number of hydrogen-bond acceptors (Lipinski definition) is 4. The number of carbonyl (C=O) groups excluding carboxylic acids is 1. The highest BCUT2D eigenvalue weighted by Gasteiger charge is 2.30. The Morgan fingerprint density at radius 2 is 1.95 bits per heavy atom. The third-order valence-electron chi connectivity index (χ3n) is 3.27. The minimum absolute atomic E-state index is 0.00937. The van der Waals surface area contributed by atoms with Gasteiger partial charge in [0, 0.05) is 13.0 Å². The molecule has 1 amide bonds. The lowest BCUT2D eigenvalue weighted by molar-refractivity contribution is -0.149. The number of amides is 1. The third kappa shape index (κ3) is 6.54. The summed E-state index contributed by atoms with van der Waals surface area (Å²) in [5.74, 6) is -0.913. The first-order valence-electron chi connectivity index (χ1n) is 6.98. The van der Waals surface area contributed by atoms with E-state index in [0.717, 1.165) is 25.7 Å². The van der Waals surface area contributed by atoms with E-state index in [1.54, 1.807) is 0 Å². The van der Waals surface area contributed by atoms with Crippen molar-refractivity contribution in [1.29, 1.82) is 0 Å². The molecular weight excluding hydrogens is 248 g/mol. The van der Waals surface area contributed by atoms with Gasteiger partial charge in [-0.3, -0.25) is 4.79 Å². The van der Waals surface area contributed by atoms with Crippen molar-refractivity contribution >= 4 is 11.9 Å². The predicted molar refractivity (Wildman–Crippen MR) is 70.7 cm³/mol. The molecule has 19 heavy (non-hydrogen) atoms. The molecule has 0 bridgehead atoms. The molecule has 110 valence electrons. The lowest BCUT2D eigenvalue weighted by atomic mass is 10.1. The average molecular weight is 272 g/mol. The van der Waals surface area contributed by atoms with Gasteiger partial charge in [0.15, 0.2) is 6.10 Å². The molecule has 4 N–H and O–H groups in total. The molecule has 1 aliphatic rings. The van der Waals surface area contributed by atoms with E-state index in [4.69, 9.17) is 15.6 Å². The normalized spacial score (nSPS) is 22.4. The van der Waals surface area contributed by atoms with E-state index in [0.29, 0.717) is 32.4 Å². The van der Waals surface area contributed by atoms with Crippen molar-refractivity contribution in [3.8, 4) is 0 Å². The van der Waals surface area contributed by atoms with E-state index in [2.05, 4.69) is 5.32 Å². The van der Waals surface area contributed by atoms with Crippen LogP contribution in [0.1, 0.15) is 44.9 Å². The number of nitrogens with one attached hydrogen (secondary N) is 1. The van der Waals surface area contributed by atoms with Crippen molar-refractivity contribution in [2.75, 3.05) is 13.1 Å². The van der Waals surface area contributed by atoms with Crippen LogP contribution in [0, 0.1) is 0 Å². The fourth-order valence-corrected chi connectivity index (χ4v) is 2.14. The van der Waals surface area contributed by atoms with Crippen molar-refractivity contribution < 1.29 is 19.4 Å². The Balaban J connectivity index is 2.03. The second-order valence-corrected chi connectivity index (χ2v) is 4.92. The quantitative estimate of drug-likeness (QED) is 0.535. The SMILES string of the molecule is NCCCCCCC(=O)NCC1CCC(C(=O)O)O1. The molecule has 1 saturated heterocycles. The second kappa shape index (κ2) is 8.87. The predicted octanol–water partition coefficient (Wildman–Crippen LogP) is 0.644. The first-order chi connectivity index (χ1) is 9.13. The summed E-state index contributed by atoms with van der Waals surface area (Å²) in [5.41, 5.74) is 5.39. The summed E-state index contributed by atoms with van der Waals surface area (Å²) in [6, 6.07) is 0. The van der Waals surface area contributed by atoms with Crippen molar-refractivity contribution in [3.63, 3.8) is 0 Å². The van der Waals surface area contributed by atoms with Crippen LogP contribution in [0.3, 0.4) is 0 Å². The van der Waals surface area contributed by atoms with Gasteiger partial charge in [-0.1, -0.05) is 12.8 Å². The highest BCUT2D eigenvalue weighted by Crippen LogP contribution is 2.19. The maximum Gasteiger partial charge on any atom is 0.332 e. The smallest absolute Gasteiger partial charge is 0.332 e. The number of nitrogens with two attached hydrogens (primary N) is 1. The fraction of sp³-hybridized carbons (Fsp3) is 0.846. The van der Waals surface area contributed by atoms with Crippen LogP contribution in [0.15, 0.2) is 0 Å². The monoisotopic (exact) mass is 272 g/mol. The van der Waals surface area contributed by atoms with E-state index < -0.39 is 12.1 Å². The highest BCUT2D eigenvalue weighted by molar-refractivity contribution is 5.76. The minimum Gasteiger partial charge on any atom is -0.479 e. The molecule has 1 heterocycles. The number of aliphatic carboxylic acids is 1. The van der Waals surface area contributed by atoms with Crippen LogP contribution in [0.4, 0.5) is 0 Å². The second-order valence-electron chi connectivity index (χ2n) is 4.92. The topological polar surface area (TPSA) is 102 Å². The van der Waals surface area contributed by atoms with Crippen LogP contribution >= 0.6 is 0 Å².